The molecule has 5 nitrogen and oxygen atoms in total. The number of pyridine rings is 1. The van der Waals surface area contributed by atoms with Crippen LogP contribution in [0.1, 0.15) is 17.3 Å². The first-order chi connectivity index (χ1) is 6.15. The topological polar surface area (TPSA) is 85.4 Å². The Bertz CT molecular complexity index is 325. The lowest BCUT2D eigenvalue weighted by molar-refractivity contribution is 0.0697. The van der Waals surface area contributed by atoms with E-state index in [1.165, 1.54) is 12.1 Å². The molecule has 0 amide bonds. The van der Waals surface area contributed by atoms with E-state index in [0.29, 0.717) is 12.5 Å². The van der Waals surface area contributed by atoms with Gasteiger partial charge in [0.25, 0.3) is 0 Å². The SMILES string of the molecule is CCOc1ccc(C(=O)O)c(N)n1. The van der Waals surface area contributed by atoms with E-state index >= 15 is 0 Å². The van der Waals surface area contributed by atoms with E-state index in [4.69, 9.17) is 15.6 Å². The van der Waals surface area contributed by atoms with E-state index in [-0.39, 0.29) is 11.4 Å². The first-order valence-electron chi connectivity index (χ1n) is 3.77. The number of nitrogens with two attached hydrogens (primary N) is 1. The van der Waals surface area contributed by atoms with Crippen LogP contribution in [0.5, 0.6) is 5.88 Å². The second kappa shape index (κ2) is 3.75. The first-order valence-corrected chi connectivity index (χ1v) is 3.77. The van der Waals surface area contributed by atoms with Gasteiger partial charge in [-0.1, -0.05) is 0 Å². The number of nitrogen functional groups attached to an aromatic ring is 1. The highest BCUT2D eigenvalue weighted by atomic mass is 16.5. The summed E-state index contributed by atoms with van der Waals surface area (Å²) >= 11 is 0. The molecule has 0 atom stereocenters. The van der Waals surface area contributed by atoms with Crippen molar-refractivity contribution >= 4 is 11.8 Å². The Morgan fingerprint density at radius 2 is 2.38 bits per heavy atom. The maximum Gasteiger partial charge on any atom is 0.339 e. The van der Waals surface area contributed by atoms with Gasteiger partial charge in [-0.25, -0.2) is 4.79 Å². The van der Waals surface area contributed by atoms with Gasteiger partial charge in [0.1, 0.15) is 11.4 Å². The molecule has 13 heavy (non-hydrogen) atoms. The average Bonchev–Trinajstić information content (AvgIpc) is 2.04. The maximum absolute atomic E-state index is 10.5. The zero-order chi connectivity index (χ0) is 9.84. The van der Waals surface area contributed by atoms with Crippen molar-refractivity contribution in [2.75, 3.05) is 12.3 Å². The molecule has 5 heteroatoms. The molecule has 0 aromatic carbocycles. The molecule has 0 aliphatic carbocycles. The second-order valence-corrected chi connectivity index (χ2v) is 2.32. The van der Waals surface area contributed by atoms with Crippen molar-refractivity contribution in [2.24, 2.45) is 0 Å². The van der Waals surface area contributed by atoms with E-state index in [9.17, 15) is 4.79 Å². The van der Waals surface area contributed by atoms with Crippen LogP contribution in [-0.2, 0) is 0 Å². The van der Waals surface area contributed by atoms with Crippen molar-refractivity contribution in [3.8, 4) is 5.88 Å². The number of rotatable bonds is 3. The molecule has 0 aliphatic rings. The average molecular weight is 182 g/mol. The predicted octanol–water partition coefficient (Wildman–Crippen LogP) is 0.761. The quantitative estimate of drug-likeness (QED) is 0.720. The van der Waals surface area contributed by atoms with Crippen LogP contribution < -0.4 is 10.5 Å². The van der Waals surface area contributed by atoms with Crippen molar-refractivity contribution < 1.29 is 14.6 Å². The molecule has 1 heterocycles. The Hall–Kier alpha value is -1.78. The lowest BCUT2D eigenvalue weighted by Gasteiger charge is -2.03. The van der Waals surface area contributed by atoms with Crippen LogP contribution in [0, 0.1) is 0 Å². The Morgan fingerprint density at radius 1 is 1.69 bits per heavy atom. The van der Waals surface area contributed by atoms with E-state index < -0.39 is 5.97 Å². The third-order valence-corrected chi connectivity index (χ3v) is 1.42. The van der Waals surface area contributed by atoms with E-state index in [0.717, 1.165) is 0 Å². The highest BCUT2D eigenvalue weighted by Gasteiger charge is 2.09. The molecule has 0 fully saturated rings. The number of aromatic nitrogens is 1. The Kier molecular flexibility index (Phi) is 2.69. The zero-order valence-corrected chi connectivity index (χ0v) is 7.15. The normalized spacial score (nSPS) is 9.62. The Balaban J connectivity index is 2.98. The summed E-state index contributed by atoms with van der Waals surface area (Å²) in [5, 5.41) is 8.63. The number of nitrogens with zero attached hydrogens (tertiary/aromatic N) is 1. The molecule has 0 spiro atoms. The number of carboxylic acids is 1. The van der Waals surface area contributed by atoms with Gasteiger partial charge in [-0.3, -0.25) is 0 Å². The standard InChI is InChI=1S/C8H10N2O3/c1-2-13-6-4-3-5(8(11)12)7(9)10-6/h3-4H,2H2,1H3,(H2,9,10)(H,11,12). The minimum absolute atomic E-state index is 0.0107. The van der Waals surface area contributed by atoms with Crippen LogP contribution in [0.4, 0.5) is 5.82 Å². The molecule has 0 saturated carbocycles. The fraction of sp³-hybridized carbons (Fsp3) is 0.250. The van der Waals surface area contributed by atoms with Crippen LogP contribution in [-0.4, -0.2) is 22.7 Å². The summed E-state index contributed by atoms with van der Waals surface area (Å²) in [4.78, 5) is 14.3. The number of anilines is 1. The summed E-state index contributed by atoms with van der Waals surface area (Å²) in [5.41, 5.74) is 5.37. The van der Waals surface area contributed by atoms with Gasteiger partial charge in [0.05, 0.1) is 6.61 Å². The Labute approximate surface area is 75.2 Å². The van der Waals surface area contributed by atoms with Gasteiger partial charge < -0.3 is 15.6 Å². The third kappa shape index (κ3) is 2.08. The number of carboxylic acid groups (broad SMARTS) is 1. The molecular weight excluding hydrogens is 172 g/mol. The van der Waals surface area contributed by atoms with Gasteiger partial charge in [0.2, 0.25) is 5.88 Å². The molecule has 0 saturated heterocycles. The molecule has 0 radical (unpaired) electrons. The van der Waals surface area contributed by atoms with Crippen LogP contribution in [0.3, 0.4) is 0 Å². The van der Waals surface area contributed by atoms with Gasteiger partial charge in [-0.15, -0.1) is 0 Å². The van der Waals surface area contributed by atoms with Crippen molar-refractivity contribution in [3.05, 3.63) is 17.7 Å². The van der Waals surface area contributed by atoms with Gasteiger partial charge in [-0.05, 0) is 13.0 Å². The summed E-state index contributed by atoms with van der Waals surface area (Å²) in [7, 11) is 0. The lowest BCUT2D eigenvalue weighted by atomic mass is 10.2. The molecule has 0 unspecified atom stereocenters. The number of carbonyl (C=O) groups is 1. The summed E-state index contributed by atoms with van der Waals surface area (Å²) in [6.07, 6.45) is 0. The fourth-order valence-corrected chi connectivity index (χ4v) is 0.865. The minimum Gasteiger partial charge on any atom is -0.478 e. The Morgan fingerprint density at radius 3 is 2.85 bits per heavy atom. The van der Waals surface area contributed by atoms with Crippen molar-refractivity contribution in [1.82, 2.24) is 4.98 Å². The largest absolute Gasteiger partial charge is 0.478 e. The highest BCUT2D eigenvalue weighted by molar-refractivity contribution is 5.92. The molecule has 70 valence electrons. The molecule has 0 bridgehead atoms. The minimum atomic E-state index is -1.09. The molecule has 1 aromatic rings. The number of ether oxygens (including phenoxy) is 1. The summed E-state index contributed by atoms with van der Waals surface area (Å²) in [5.74, 6) is -0.781. The number of aromatic carboxylic acids is 1. The number of hydrogen-bond acceptors (Lipinski definition) is 4. The summed E-state index contributed by atoms with van der Waals surface area (Å²) < 4.78 is 5.04. The van der Waals surface area contributed by atoms with Crippen molar-refractivity contribution in [3.63, 3.8) is 0 Å². The number of hydrogen-bond donors (Lipinski definition) is 2. The zero-order valence-electron chi connectivity index (χ0n) is 7.15. The van der Waals surface area contributed by atoms with Crippen molar-refractivity contribution in [2.45, 2.75) is 6.92 Å². The van der Waals surface area contributed by atoms with E-state index in [1.54, 1.807) is 0 Å². The van der Waals surface area contributed by atoms with E-state index in [1.807, 2.05) is 6.92 Å². The fourth-order valence-electron chi connectivity index (χ4n) is 0.865. The summed E-state index contributed by atoms with van der Waals surface area (Å²) in [6.45, 7) is 2.28. The molecule has 0 aliphatic heterocycles. The highest BCUT2D eigenvalue weighted by Crippen LogP contribution is 2.14. The molecule has 3 N–H and O–H groups in total. The second-order valence-electron chi connectivity index (χ2n) is 2.32. The first kappa shape index (κ1) is 9.31. The van der Waals surface area contributed by atoms with Gasteiger partial charge in [0, 0.05) is 6.07 Å². The summed E-state index contributed by atoms with van der Waals surface area (Å²) in [6, 6.07) is 2.85. The predicted molar refractivity (Wildman–Crippen MR) is 46.8 cm³/mol. The third-order valence-electron chi connectivity index (χ3n) is 1.42. The van der Waals surface area contributed by atoms with Crippen LogP contribution in [0.25, 0.3) is 0 Å². The van der Waals surface area contributed by atoms with Crippen LogP contribution in [0.15, 0.2) is 12.1 Å². The molecular formula is C8H10N2O3. The lowest BCUT2D eigenvalue weighted by Crippen LogP contribution is -2.05. The molecule has 1 rings (SSSR count). The van der Waals surface area contributed by atoms with Gasteiger partial charge in [0.15, 0.2) is 0 Å². The van der Waals surface area contributed by atoms with Crippen LogP contribution >= 0.6 is 0 Å². The van der Waals surface area contributed by atoms with Gasteiger partial charge in [-0.2, -0.15) is 4.98 Å². The van der Waals surface area contributed by atoms with Crippen LogP contribution in [0.2, 0.25) is 0 Å². The van der Waals surface area contributed by atoms with Gasteiger partial charge >= 0.3 is 5.97 Å². The van der Waals surface area contributed by atoms with E-state index in [2.05, 4.69) is 4.98 Å². The molecule has 1 aromatic heterocycles. The monoisotopic (exact) mass is 182 g/mol. The van der Waals surface area contributed by atoms with Crippen molar-refractivity contribution in [1.29, 1.82) is 0 Å². The smallest absolute Gasteiger partial charge is 0.339 e. The maximum atomic E-state index is 10.5.